The van der Waals surface area contributed by atoms with Gasteiger partial charge in [0.05, 0.1) is 11.9 Å². The first-order valence-electron chi connectivity index (χ1n) is 6.13. The number of nitrogens with one attached hydrogen (secondary N) is 2. The first-order chi connectivity index (χ1) is 9.47. The maximum Gasteiger partial charge on any atom is 0.320 e. The number of aromatic nitrogens is 3. The van der Waals surface area contributed by atoms with E-state index in [1.807, 2.05) is 20.9 Å². The van der Waals surface area contributed by atoms with E-state index in [-0.39, 0.29) is 0 Å². The van der Waals surface area contributed by atoms with Gasteiger partial charge < -0.3 is 5.32 Å². The van der Waals surface area contributed by atoms with Crippen molar-refractivity contribution in [2.45, 2.75) is 20.4 Å². The molecule has 6 nitrogen and oxygen atoms in total. The smallest absolute Gasteiger partial charge is 0.320 e. The Bertz CT molecular complexity index is 620. The fourth-order valence-corrected chi connectivity index (χ4v) is 1.85. The van der Waals surface area contributed by atoms with E-state index in [0.717, 1.165) is 23.1 Å². The number of carbonyl (C=O) groups is 1. The number of anilines is 1. The second-order valence-corrected chi connectivity index (χ2v) is 4.44. The molecule has 0 saturated heterocycles. The molecule has 0 radical (unpaired) electrons. The van der Waals surface area contributed by atoms with Crippen LogP contribution in [-0.2, 0) is 13.6 Å². The number of amides is 2. The van der Waals surface area contributed by atoms with E-state index in [9.17, 15) is 9.18 Å². The zero-order valence-electron chi connectivity index (χ0n) is 11.6. The van der Waals surface area contributed by atoms with Crippen molar-refractivity contribution in [3.05, 3.63) is 41.1 Å². The number of urea groups is 1. The standard InChI is InChI=1S/C13H16FN5O/c1-8-11(9(2)19(3)18-8)7-16-13(20)17-12-5-4-10(14)6-15-12/h4-6H,7H2,1-3H3,(H2,15,16,17,20). The molecule has 0 bridgehead atoms. The average molecular weight is 277 g/mol. The van der Waals surface area contributed by atoms with Crippen LogP contribution >= 0.6 is 0 Å². The van der Waals surface area contributed by atoms with Crippen molar-refractivity contribution in [2.24, 2.45) is 7.05 Å². The Morgan fingerprint density at radius 1 is 1.40 bits per heavy atom. The Kier molecular flexibility index (Phi) is 3.97. The molecule has 7 heteroatoms. The summed E-state index contributed by atoms with van der Waals surface area (Å²) >= 11 is 0. The molecule has 0 atom stereocenters. The maximum atomic E-state index is 12.7. The Morgan fingerprint density at radius 3 is 2.70 bits per heavy atom. The number of aryl methyl sites for hydroxylation is 2. The quantitative estimate of drug-likeness (QED) is 0.900. The van der Waals surface area contributed by atoms with Gasteiger partial charge in [0, 0.05) is 24.8 Å². The Balaban J connectivity index is 1.94. The molecule has 0 unspecified atom stereocenters. The van der Waals surface area contributed by atoms with Gasteiger partial charge in [0.15, 0.2) is 0 Å². The van der Waals surface area contributed by atoms with Crippen molar-refractivity contribution in [3.63, 3.8) is 0 Å². The second-order valence-electron chi connectivity index (χ2n) is 4.44. The summed E-state index contributed by atoms with van der Waals surface area (Å²) in [7, 11) is 1.86. The monoisotopic (exact) mass is 277 g/mol. The zero-order valence-corrected chi connectivity index (χ0v) is 11.6. The molecule has 2 rings (SSSR count). The van der Waals surface area contributed by atoms with Gasteiger partial charge >= 0.3 is 6.03 Å². The molecule has 2 aromatic heterocycles. The third-order valence-electron chi connectivity index (χ3n) is 3.05. The zero-order chi connectivity index (χ0) is 14.7. The number of carbonyl (C=O) groups excluding carboxylic acids is 1. The minimum atomic E-state index is -0.447. The lowest BCUT2D eigenvalue weighted by Crippen LogP contribution is -2.29. The van der Waals surface area contributed by atoms with Crippen LogP contribution in [0.5, 0.6) is 0 Å². The molecule has 106 valence electrons. The molecule has 2 aromatic rings. The molecule has 0 saturated carbocycles. The number of pyridine rings is 1. The van der Waals surface area contributed by atoms with E-state index in [2.05, 4.69) is 20.7 Å². The highest BCUT2D eigenvalue weighted by Gasteiger charge is 2.10. The Labute approximate surface area is 116 Å². The summed E-state index contributed by atoms with van der Waals surface area (Å²) in [6.07, 6.45) is 1.05. The topological polar surface area (TPSA) is 71.8 Å². The van der Waals surface area contributed by atoms with Crippen LogP contribution in [0.3, 0.4) is 0 Å². The number of hydrogen-bond acceptors (Lipinski definition) is 3. The van der Waals surface area contributed by atoms with Gasteiger partial charge in [-0.05, 0) is 26.0 Å². The lowest BCUT2D eigenvalue weighted by atomic mass is 10.2. The molecule has 20 heavy (non-hydrogen) atoms. The number of rotatable bonds is 3. The molecule has 0 aliphatic heterocycles. The molecule has 0 aromatic carbocycles. The lowest BCUT2D eigenvalue weighted by Gasteiger charge is -2.07. The van der Waals surface area contributed by atoms with E-state index >= 15 is 0 Å². The van der Waals surface area contributed by atoms with Gasteiger partial charge in [0.25, 0.3) is 0 Å². The first-order valence-corrected chi connectivity index (χ1v) is 6.13. The molecule has 0 aliphatic rings. The van der Waals surface area contributed by atoms with Crippen LogP contribution in [0.25, 0.3) is 0 Å². The van der Waals surface area contributed by atoms with Crippen LogP contribution in [0, 0.1) is 19.7 Å². The normalized spacial score (nSPS) is 10.4. The van der Waals surface area contributed by atoms with Gasteiger partial charge in [-0.25, -0.2) is 14.2 Å². The van der Waals surface area contributed by atoms with E-state index in [4.69, 9.17) is 0 Å². The minimum absolute atomic E-state index is 0.295. The molecule has 2 N–H and O–H groups in total. The van der Waals surface area contributed by atoms with Gasteiger partial charge in [-0.2, -0.15) is 5.10 Å². The van der Waals surface area contributed by atoms with Crippen LogP contribution < -0.4 is 10.6 Å². The Hall–Kier alpha value is -2.44. The fraction of sp³-hybridized carbons (Fsp3) is 0.308. The third kappa shape index (κ3) is 3.11. The maximum absolute atomic E-state index is 12.7. The van der Waals surface area contributed by atoms with Gasteiger partial charge in [0.2, 0.25) is 0 Å². The molecule has 2 amide bonds. The van der Waals surface area contributed by atoms with Gasteiger partial charge in [-0.1, -0.05) is 0 Å². The third-order valence-corrected chi connectivity index (χ3v) is 3.05. The Morgan fingerprint density at radius 2 is 2.15 bits per heavy atom. The molecule has 2 heterocycles. The summed E-state index contributed by atoms with van der Waals surface area (Å²) < 4.78 is 14.5. The predicted molar refractivity (Wildman–Crippen MR) is 72.7 cm³/mol. The van der Waals surface area contributed by atoms with Crippen molar-refractivity contribution in [3.8, 4) is 0 Å². The van der Waals surface area contributed by atoms with Crippen LogP contribution in [0.1, 0.15) is 17.0 Å². The van der Waals surface area contributed by atoms with Gasteiger partial charge in [-0.15, -0.1) is 0 Å². The summed E-state index contributed by atoms with van der Waals surface area (Å²) in [5.41, 5.74) is 2.86. The van der Waals surface area contributed by atoms with E-state index < -0.39 is 11.8 Å². The van der Waals surface area contributed by atoms with E-state index in [0.29, 0.717) is 12.4 Å². The number of nitrogens with zero attached hydrogens (tertiary/aromatic N) is 3. The molecule has 0 spiro atoms. The molecular weight excluding hydrogens is 261 g/mol. The SMILES string of the molecule is Cc1nn(C)c(C)c1CNC(=O)Nc1ccc(F)cn1. The van der Waals surface area contributed by atoms with Gasteiger partial charge in [0.1, 0.15) is 11.6 Å². The first kappa shape index (κ1) is 14.0. The highest BCUT2D eigenvalue weighted by atomic mass is 19.1. The molecular formula is C13H16FN5O. The van der Waals surface area contributed by atoms with Crippen LogP contribution in [0.15, 0.2) is 18.3 Å². The van der Waals surface area contributed by atoms with E-state index in [1.165, 1.54) is 12.1 Å². The molecule has 0 fully saturated rings. The van der Waals surface area contributed by atoms with Crippen LogP contribution in [-0.4, -0.2) is 20.8 Å². The number of hydrogen-bond donors (Lipinski definition) is 2. The van der Waals surface area contributed by atoms with E-state index in [1.54, 1.807) is 4.68 Å². The highest BCUT2D eigenvalue weighted by molar-refractivity contribution is 5.88. The van der Waals surface area contributed by atoms with Crippen molar-refractivity contribution < 1.29 is 9.18 Å². The molecule has 0 aliphatic carbocycles. The average Bonchev–Trinajstić information content (AvgIpc) is 2.64. The highest BCUT2D eigenvalue weighted by Crippen LogP contribution is 2.11. The summed E-state index contributed by atoms with van der Waals surface area (Å²) in [6.45, 7) is 4.21. The van der Waals surface area contributed by atoms with Crippen molar-refractivity contribution in [1.82, 2.24) is 20.1 Å². The van der Waals surface area contributed by atoms with Crippen molar-refractivity contribution >= 4 is 11.8 Å². The van der Waals surface area contributed by atoms with Crippen molar-refractivity contribution in [1.29, 1.82) is 0 Å². The summed E-state index contributed by atoms with van der Waals surface area (Å²) in [5, 5.41) is 9.52. The minimum Gasteiger partial charge on any atom is -0.334 e. The van der Waals surface area contributed by atoms with Crippen LogP contribution in [0.2, 0.25) is 0 Å². The second kappa shape index (κ2) is 5.68. The van der Waals surface area contributed by atoms with Gasteiger partial charge in [-0.3, -0.25) is 10.00 Å². The summed E-state index contributed by atoms with van der Waals surface area (Å²) in [4.78, 5) is 15.5. The lowest BCUT2D eigenvalue weighted by molar-refractivity contribution is 0.251. The summed E-state index contributed by atoms with van der Waals surface area (Å²) in [6, 6.07) is 2.24. The van der Waals surface area contributed by atoms with Crippen molar-refractivity contribution in [2.75, 3.05) is 5.32 Å². The largest absolute Gasteiger partial charge is 0.334 e. The predicted octanol–water partition coefficient (Wildman–Crippen LogP) is 1.89. The summed E-state index contributed by atoms with van der Waals surface area (Å²) in [5.74, 6) is -0.152. The number of halogens is 1. The van der Waals surface area contributed by atoms with Crippen LogP contribution in [0.4, 0.5) is 15.0 Å². The fourth-order valence-electron chi connectivity index (χ4n) is 1.85.